The summed E-state index contributed by atoms with van der Waals surface area (Å²) < 4.78 is 5.27. The summed E-state index contributed by atoms with van der Waals surface area (Å²) in [5.41, 5.74) is 2.82. The molecular formula is C18H19NO4. The number of benzene rings is 2. The summed E-state index contributed by atoms with van der Waals surface area (Å²) in [6.07, 6.45) is -0.530. The highest BCUT2D eigenvalue weighted by molar-refractivity contribution is 5.96. The second-order valence-corrected chi connectivity index (χ2v) is 5.31. The van der Waals surface area contributed by atoms with E-state index in [9.17, 15) is 14.7 Å². The van der Waals surface area contributed by atoms with Crippen molar-refractivity contribution in [1.29, 1.82) is 0 Å². The number of anilines is 1. The van der Waals surface area contributed by atoms with Crippen molar-refractivity contribution in [2.45, 2.75) is 20.5 Å². The molecule has 0 atom stereocenters. The number of carboxylic acid groups (broad SMARTS) is 1. The van der Waals surface area contributed by atoms with E-state index >= 15 is 0 Å². The van der Waals surface area contributed by atoms with Crippen LogP contribution in [0, 0.1) is 13.8 Å². The number of amides is 1. The topological polar surface area (TPSA) is 66.8 Å². The van der Waals surface area contributed by atoms with Crippen molar-refractivity contribution in [3.63, 3.8) is 0 Å². The Labute approximate surface area is 135 Å². The number of hydrogen-bond donors (Lipinski definition) is 1. The second kappa shape index (κ2) is 6.96. The number of carbonyl (C=O) groups excluding carboxylic acids is 1. The Kier molecular flexibility index (Phi) is 5.01. The molecule has 0 fully saturated rings. The molecule has 5 nitrogen and oxygen atoms in total. The van der Waals surface area contributed by atoms with Gasteiger partial charge in [-0.15, -0.1) is 0 Å². The Bertz CT molecular complexity index is 725. The standard InChI is InChI=1S/C18H19NO4/c1-12-9-10-15(13(2)16(12)17(20)21)19(3)18(22)23-11-14-7-5-4-6-8-14/h4-10H,11H2,1-3H3,(H,20,21). The maximum Gasteiger partial charge on any atom is 0.414 e. The fourth-order valence-electron chi connectivity index (χ4n) is 2.44. The van der Waals surface area contributed by atoms with Gasteiger partial charge in [0.15, 0.2) is 0 Å². The molecule has 120 valence electrons. The third-order valence-electron chi connectivity index (χ3n) is 3.70. The monoisotopic (exact) mass is 313 g/mol. The maximum atomic E-state index is 12.2. The number of carboxylic acids is 1. The van der Waals surface area contributed by atoms with Crippen LogP contribution >= 0.6 is 0 Å². The van der Waals surface area contributed by atoms with Crippen molar-refractivity contribution in [3.8, 4) is 0 Å². The Morgan fingerprint density at radius 3 is 2.35 bits per heavy atom. The van der Waals surface area contributed by atoms with Gasteiger partial charge in [-0.2, -0.15) is 0 Å². The predicted molar refractivity (Wildman–Crippen MR) is 87.9 cm³/mol. The van der Waals surface area contributed by atoms with Gasteiger partial charge in [0.2, 0.25) is 0 Å². The third kappa shape index (κ3) is 3.69. The van der Waals surface area contributed by atoms with E-state index in [0.717, 1.165) is 5.56 Å². The van der Waals surface area contributed by atoms with Gasteiger partial charge in [-0.1, -0.05) is 36.4 Å². The zero-order valence-electron chi connectivity index (χ0n) is 13.4. The number of carbonyl (C=O) groups is 2. The second-order valence-electron chi connectivity index (χ2n) is 5.31. The summed E-state index contributed by atoms with van der Waals surface area (Å²) in [6.45, 7) is 3.58. The van der Waals surface area contributed by atoms with Gasteiger partial charge in [0.25, 0.3) is 0 Å². The number of nitrogens with zero attached hydrogens (tertiary/aromatic N) is 1. The molecule has 2 aromatic rings. The third-order valence-corrected chi connectivity index (χ3v) is 3.70. The van der Waals surface area contributed by atoms with Crippen molar-refractivity contribution in [1.82, 2.24) is 0 Å². The Balaban J connectivity index is 2.16. The maximum absolute atomic E-state index is 12.2. The van der Waals surface area contributed by atoms with E-state index in [1.54, 1.807) is 33.0 Å². The van der Waals surface area contributed by atoms with Crippen LogP contribution in [0.4, 0.5) is 10.5 Å². The SMILES string of the molecule is Cc1ccc(N(C)C(=O)OCc2ccccc2)c(C)c1C(=O)O. The molecule has 0 aliphatic heterocycles. The molecule has 0 aliphatic carbocycles. The molecule has 2 rings (SSSR count). The minimum absolute atomic E-state index is 0.167. The highest BCUT2D eigenvalue weighted by Crippen LogP contribution is 2.26. The molecule has 2 aromatic carbocycles. The van der Waals surface area contributed by atoms with E-state index in [0.29, 0.717) is 16.8 Å². The molecule has 0 heterocycles. The molecule has 0 spiro atoms. The largest absolute Gasteiger partial charge is 0.478 e. The minimum atomic E-state index is -1.01. The van der Waals surface area contributed by atoms with Crippen LogP contribution in [-0.2, 0) is 11.3 Å². The van der Waals surface area contributed by atoms with Crippen LogP contribution in [-0.4, -0.2) is 24.2 Å². The lowest BCUT2D eigenvalue weighted by Gasteiger charge is -2.21. The molecule has 1 amide bonds. The summed E-state index contributed by atoms with van der Waals surface area (Å²) in [4.78, 5) is 24.9. The van der Waals surface area contributed by atoms with Gasteiger partial charge in [0.1, 0.15) is 6.61 Å². The molecule has 0 aliphatic rings. The van der Waals surface area contributed by atoms with Crippen LogP contribution in [0.15, 0.2) is 42.5 Å². The number of ether oxygens (including phenoxy) is 1. The zero-order chi connectivity index (χ0) is 17.0. The van der Waals surface area contributed by atoms with E-state index < -0.39 is 12.1 Å². The molecule has 5 heteroatoms. The molecule has 1 N–H and O–H groups in total. The quantitative estimate of drug-likeness (QED) is 0.933. The zero-order valence-corrected chi connectivity index (χ0v) is 13.4. The van der Waals surface area contributed by atoms with Crippen LogP contribution in [0.1, 0.15) is 27.0 Å². The van der Waals surface area contributed by atoms with E-state index in [1.165, 1.54) is 4.90 Å². The van der Waals surface area contributed by atoms with Crippen molar-refractivity contribution in [2.75, 3.05) is 11.9 Å². The summed E-state index contributed by atoms with van der Waals surface area (Å²) in [7, 11) is 1.57. The normalized spacial score (nSPS) is 10.2. The number of hydrogen-bond acceptors (Lipinski definition) is 3. The molecule has 0 radical (unpaired) electrons. The first kappa shape index (κ1) is 16.5. The molecular weight excluding hydrogens is 294 g/mol. The minimum Gasteiger partial charge on any atom is -0.478 e. The fraction of sp³-hybridized carbons (Fsp3) is 0.222. The lowest BCUT2D eigenvalue weighted by atomic mass is 10.0. The van der Waals surface area contributed by atoms with Gasteiger partial charge < -0.3 is 9.84 Å². The molecule has 0 aromatic heterocycles. The van der Waals surface area contributed by atoms with Crippen molar-refractivity contribution >= 4 is 17.7 Å². The van der Waals surface area contributed by atoms with Gasteiger partial charge in [-0.25, -0.2) is 9.59 Å². The van der Waals surface area contributed by atoms with Gasteiger partial charge >= 0.3 is 12.1 Å². The molecule has 0 bridgehead atoms. The van der Waals surface area contributed by atoms with E-state index in [1.807, 2.05) is 30.3 Å². The highest BCUT2D eigenvalue weighted by Gasteiger charge is 2.20. The van der Waals surface area contributed by atoms with Crippen LogP contribution in [0.5, 0.6) is 0 Å². The average molecular weight is 313 g/mol. The highest BCUT2D eigenvalue weighted by atomic mass is 16.6. The van der Waals surface area contributed by atoms with Crippen molar-refractivity contribution < 1.29 is 19.4 Å². The van der Waals surface area contributed by atoms with E-state index in [4.69, 9.17) is 4.74 Å². The Hall–Kier alpha value is -2.82. The van der Waals surface area contributed by atoms with Crippen LogP contribution in [0.25, 0.3) is 0 Å². The molecule has 0 unspecified atom stereocenters. The molecule has 23 heavy (non-hydrogen) atoms. The van der Waals surface area contributed by atoms with Gasteiger partial charge in [0, 0.05) is 7.05 Å². The average Bonchev–Trinajstić information content (AvgIpc) is 2.53. The van der Waals surface area contributed by atoms with Crippen LogP contribution in [0.3, 0.4) is 0 Å². The lowest BCUT2D eigenvalue weighted by molar-refractivity contribution is 0.0695. The number of aryl methyl sites for hydroxylation is 1. The Morgan fingerprint density at radius 1 is 1.09 bits per heavy atom. The molecule has 0 saturated heterocycles. The summed E-state index contributed by atoms with van der Waals surface area (Å²) >= 11 is 0. The summed E-state index contributed by atoms with van der Waals surface area (Å²) in [5, 5.41) is 9.31. The van der Waals surface area contributed by atoms with Crippen LogP contribution < -0.4 is 4.90 Å². The van der Waals surface area contributed by atoms with Gasteiger partial charge in [-0.3, -0.25) is 4.90 Å². The summed E-state index contributed by atoms with van der Waals surface area (Å²) in [5.74, 6) is -1.01. The van der Waals surface area contributed by atoms with Gasteiger partial charge in [0.05, 0.1) is 11.3 Å². The Morgan fingerprint density at radius 2 is 1.74 bits per heavy atom. The summed E-state index contributed by atoms with van der Waals surface area (Å²) in [6, 6.07) is 12.8. The van der Waals surface area contributed by atoms with Crippen molar-refractivity contribution in [2.24, 2.45) is 0 Å². The first-order chi connectivity index (χ1) is 10.9. The number of aromatic carboxylic acids is 1. The molecule has 0 saturated carbocycles. The smallest absolute Gasteiger partial charge is 0.414 e. The predicted octanol–water partition coefficient (Wildman–Crippen LogP) is 3.77. The first-order valence-corrected chi connectivity index (χ1v) is 7.19. The lowest BCUT2D eigenvalue weighted by Crippen LogP contribution is -2.28. The number of rotatable bonds is 4. The first-order valence-electron chi connectivity index (χ1n) is 7.19. The van der Waals surface area contributed by atoms with E-state index in [-0.39, 0.29) is 12.2 Å². The van der Waals surface area contributed by atoms with Crippen molar-refractivity contribution in [3.05, 3.63) is 64.7 Å². The van der Waals surface area contributed by atoms with E-state index in [2.05, 4.69) is 0 Å². The fourth-order valence-corrected chi connectivity index (χ4v) is 2.44. The van der Waals surface area contributed by atoms with Crippen LogP contribution in [0.2, 0.25) is 0 Å². The van der Waals surface area contributed by atoms with Gasteiger partial charge in [-0.05, 0) is 36.6 Å².